The van der Waals surface area contributed by atoms with Crippen LogP contribution in [0.3, 0.4) is 0 Å². The molecule has 0 aromatic carbocycles. The van der Waals surface area contributed by atoms with E-state index >= 15 is 0 Å². The number of rotatable bonds is 5. The molecule has 7 heteroatoms. The van der Waals surface area contributed by atoms with Gasteiger partial charge in [0, 0.05) is 31.4 Å². The molecule has 106 valence electrons. The number of anilines is 1. The molecule has 0 spiro atoms. The highest BCUT2D eigenvalue weighted by Crippen LogP contribution is 2.42. The Balaban J connectivity index is 1.68. The molecule has 0 unspecified atom stereocenters. The maximum Gasteiger partial charge on any atom is 0.177 e. The quantitative estimate of drug-likeness (QED) is 0.898. The highest BCUT2D eigenvalue weighted by molar-refractivity contribution is 7.90. The molecule has 1 fully saturated rings. The average molecular weight is 292 g/mol. The minimum absolute atomic E-state index is 0.0423. The van der Waals surface area contributed by atoms with Gasteiger partial charge >= 0.3 is 0 Å². The van der Waals surface area contributed by atoms with E-state index in [1.165, 1.54) is 12.5 Å². The smallest absolute Gasteiger partial charge is 0.177 e. The number of hydrogen-bond acceptors (Lipinski definition) is 5. The zero-order valence-electron chi connectivity index (χ0n) is 11.2. The molecule has 2 aromatic heterocycles. The predicted molar refractivity (Wildman–Crippen MR) is 75.3 cm³/mol. The van der Waals surface area contributed by atoms with Crippen LogP contribution in [-0.2, 0) is 15.4 Å². The van der Waals surface area contributed by atoms with E-state index in [4.69, 9.17) is 0 Å². The van der Waals surface area contributed by atoms with Crippen molar-refractivity contribution in [3.05, 3.63) is 36.8 Å². The van der Waals surface area contributed by atoms with Crippen LogP contribution in [0, 0.1) is 0 Å². The van der Waals surface area contributed by atoms with Crippen molar-refractivity contribution in [3.8, 4) is 0 Å². The van der Waals surface area contributed by atoms with E-state index in [-0.39, 0.29) is 10.4 Å². The van der Waals surface area contributed by atoms with Crippen LogP contribution in [0.1, 0.15) is 12.8 Å². The lowest BCUT2D eigenvalue weighted by molar-refractivity contribution is 0.453. The summed E-state index contributed by atoms with van der Waals surface area (Å²) in [7, 11) is -3.19. The van der Waals surface area contributed by atoms with Crippen LogP contribution in [0.2, 0.25) is 0 Å². The molecule has 1 aliphatic carbocycles. The molecule has 1 N–H and O–H groups in total. The first-order valence-electron chi connectivity index (χ1n) is 6.40. The number of pyridine rings is 1. The maximum atomic E-state index is 11.4. The summed E-state index contributed by atoms with van der Waals surface area (Å²) in [6, 6.07) is 5.17. The van der Waals surface area contributed by atoms with Crippen LogP contribution in [-0.4, -0.2) is 36.0 Å². The molecule has 6 nitrogen and oxygen atoms in total. The molecule has 2 aromatic rings. The number of hydrogen-bond donors (Lipinski definition) is 1. The van der Waals surface area contributed by atoms with Gasteiger partial charge < -0.3 is 5.32 Å². The molecule has 0 atom stereocenters. The molecule has 0 bridgehead atoms. The Hall–Kier alpha value is -1.89. The van der Waals surface area contributed by atoms with Gasteiger partial charge in [-0.1, -0.05) is 0 Å². The van der Waals surface area contributed by atoms with Crippen LogP contribution in [0.15, 0.2) is 41.7 Å². The van der Waals surface area contributed by atoms with Gasteiger partial charge in [-0.25, -0.2) is 13.4 Å². The van der Waals surface area contributed by atoms with Crippen LogP contribution >= 0.6 is 0 Å². The molecular formula is C13H16N4O2S. The fourth-order valence-electron chi connectivity index (χ4n) is 2.14. The van der Waals surface area contributed by atoms with Crippen molar-refractivity contribution in [3.63, 3.8) is 0 Å². The minimum Gasteiger partial charge on any atom is -0.368 e. The lowest BCUT2D eigenvalue weighted by Gasteiger charge is -2.17. The van der Waals surface area contributed by atoms with E-state index in [1.54, 1.807) is 18.3 Å². The highest BCUT2D eigenvalue weighted by Gasteiger charge is 2.45. The van der Waals surface area contributed by atoms with Gasteiger partial charge in [0.2, 0.25) is 0 Å². The zero-order valence-corrected chi connectivity index (χ0v) is 12.0. The largest absolute Gasteiger partial charge is 0.368 e. The molecule has 1 saturated carbocycles. The van der Waals surface area contributed by atoms with Gasteiger partial charge in [0.15, 0.2) is 9.84 Å². The van der Waals surface area contributed by atoms with E-state index in [0.717, 1.165) is 19.4 Å². The molecule has 0 saturated heterocycles. The fourth-order valence-corrected chi connectivity index (χ4v) is 2.70. The lowest BCUT2D eigenvalue weighted by Crippen LogP contribution is -2.27. The highest BCUT2D eigenvalue weighted by atomic mass is 32.2. The third kappa shape index (κ3) is 2.53. The number of nitrogens with zero attached hydrogens (tertiary/aromatic N) is 3. The SMILES string of the molecule is CS(=O)(=O)c1ccc(NCC2(n3cccn3)CC2)nc1. The first-order valence-corrected chi connectivity index (χ1v) is 8.29. The number of nitrogens with one attached hydrogen (secondary N) is 1. The Morgan fingerprint density at radius 2 is 2.20 bits per heavy atom. The van der Waals surface area contributed by atoms with Crippen LogP contribution in [0.25, 0.3) is 0 Å². The number of aromatic nitrogens is 3. The Bertz CT molecular complexity index is 688. The summed E-state index contributed by atoms with van der Waals surface area (Å²) in [5.74, 6) is 0.677. The van der Waals surface area contributed by atoms with Gasteiger partial charge in [-0.05, 0) is 31.0 Å². The van der Waals surface area contributed by atoms with Crippen molar-refractivity contribution in [2.75, 3.05) is 18.1 Å². The predicted octanol–water partition coefficient (Wildman–Crippen LogP) is 1.28. The molecule has 3 rings (SSSR count). The normalized spacial score (nSPS) is 16.9. The maximum absolute atomic E-state index is 11.4. The Morgan fingerprint density at radius 3 is 2.70 bits per heavy atom. The van der Waals surface area contributed by atoms with E-state index in [9.17, 15) is 8.42 Å². The molecule has 20 heavy (non-hydrogen) atoms. The summed E-state index contributed by atoms with van der Waals surface area (Å²) >= 11 is 0. The second kappa shape index (κ2) is 4.59. The average Bonchev–Trinajstić information content (AvgIpc) is 2.99. The van der Waals surface area contributed by atoms with E-state index in [1.807, 2.05) is 16.9 Å². The zero-order chi connectivity index (χ0) is 14.2. The summed E-state index contributed by atoms with van der Waals surface area (Å²) in [5.41, 5.74) is 0.0423. The Kier molecular flexibility index (Phi) is 3.01. The first-order chi connectivity index (χ1) is 9.50. The summed E-state index contributed by atoms with van der Waals surface area (Å²) in [4.78, 5) is 4.37. The van der Waals surface area contributed by atoms with Crippen molar-refractivity contribution < 1.29 is 8.42 Å². The van der Waals surface area contributed by atoms with E-state index in [2.05, 4.69) is 15.4 Å². The van der Waals surface area contributed by atoms with Crippen LogP contribution in [0.4, 0.5) is 5.82 Å². The molecule has 0 amide bonds. The van der Waals surface area contributed by atoms with Gasteiger partial charge in [0.1, 0.15) is 5.82 Å². The molecule has 2 heterocycles. The summed E-state index contributed by atoms with van der Waals surface area (Å²) in [6.07, 6.45) is 8.47. The topological polar surface area (TPSA) is 76.9 Å². The lowest BCUT2D eigenvalue weighted by atomic mass is 10.2. The standard InChI is InChI=1S/C13H16N4O2S/c1-20(18,19)11-3-4-12(14-9-11)15-10-13(5-6-13)17-8-2-7-16-17/h2-4,7-9H,5-6,10H2,1H3,(H,14,15). The monoisotopic (exact) mass is 292 g/mol. The Morgan fingerprint density at radius 1 is 1.40 bits per heavy atom. The second-order valence-corrected chi connectivity index (χ2v) is 7.20. The molecular weight excluding hydrogens is 276 g/mol. The van der Waals surface area contributed by atoms with E-state index in [0.29, 0.717) is 5.82 Å². The van der Waals surface area contributed by atoms with Crippen LogP contribution < -0.4 is 5.32 Å². The van der Waals surface area contributed by atoms with Crippen molar-refractivity contribution in [2.24, 2.45) is 0 Å². The van der Waals surface area contributed by atoms with Crippen LogP contribution in [0.5, 0.6) is 0 Å². The Labute approximate surface area is 117 Å². The molecule has 1 aliphatic rings. The fraction of sp³-hybridized carbons (Fsp3) is 0.385. The molecule has 0 aliphatic heterocycles. The van der Waals surface area contributed by atoms with Gasteiger partial charge in [-0.2, -0.15) is 5.10 Å². The van der Waals surface area contributed by atoms with Gasteiger partial charge in [0.05, 0.1) is 10.4 Å². The summed E-state index contributed by atoms with van der Waals surface area (Å²) < 4.78 is 24.7. The second-order valence-electron chi connectivity index (χ2n) is 5.18. The first kappa shape index (κ1) is 13.1. The van der Waals surface area contributed by atoms with Crippen molar-refractivity contribution in [2.45, 2.75) is 23.3 Å². The van der Waals surface area contributed by atoms with Gasteiger partial charge in [-0.3, -0.25) is 4.68 Å². The molecule has 0 radical (unpaired) electrons. The third-order valence-electron chi connectivity index (χ3n) is 3.58. The third-order valence-corrected chi connectivity index (χ3v) is 4.68. The minimum atomic E-state index is -3.19. The summed E-state index contributed by atoms with van der Waals surface area (Å²) in [5, 5.41) is 7.53. The van der Waals surface area contributed by atoms with Crippen molar-refractivity contribution in [1.29, 1.82) is 0 Å². The summed E-state index contributed by atoms with van der Waals surface area (Å²) in [6.45, 7) is 0.736. The van der Waals surface area contributed by atoms with Crippen molar-refractivity contribution >= 4 is 15.7 Å². The van der Waals surface area contributed by atoms with Gasteiger partial charge in [0.25, 0.3) is 0 Å². The van der Waals surface area contributed by atoms with Crippen molar-refractivity contribution in [1.82, 2.24) is 14.8 Å². The van der Waals surface area contributed by atoms with Gasteiger partial charge in [-0.15, -0.1) is 0 Å². The number of sulfone groups is 1. The van der Waals surface area contributed by atoms with E-state index < -0.39 is 9.84 Å².